The lowest BCUT2D eigenvalue weighted by Gasteiger charge is -2.11. The van der Waals surface area contributed by atoms with E-state index in [2.05, 4.69) is 32.6 Å². The van der Waals surface area contributed by atoms with Crippen LogP contribution in [0.15, 0.2) is 42.5 Å². The van der Waals surface area contributed by atoms with Crippen LogP contribution in [0.5, 0.6) is 0 Å². The van der Waals surface area contributed by atoms with Gasteiger partial charge in [-0.15, -0.1) is 0 Å². The molecular formula is C18H24O2. The van der Waals surface area contributed by atoms with Crippen molar-refractivity contribution >= 4 is 11.5 Å². The number of rotatable bonds is 7. The van der Waals surface area contributed by atoms with E-state index in [1.54, 1.807) is 6.08 Å². The van der Waals surface area contributed by atoms with Crippen molar-refractivity contribution in [3.8, 4) is 0 Å². The molecule has 0 amide bonds. The molecule has 1 rings (SSSR count). The second-order valence-corrected chi connectivity index (χ2v) is 4.87. The van der Waals surface area contributed by atoms with Gasteiger partial charge >= 0.3 is 5.97 Å². The highest BCUT2D eigenvalue weighted by Crippen LogP contribution is 2.25. The Kier molecular flexibility index (Phi) is 6.78. The largest absolute Gasteiger partial charge is 0.463 e. The minimum absolute atomic E-state index is 0.285. The molecule has 0 N–H and O–H groups in total. The fourth-order valence-electron chi connectivity index (χ4n) is 1.94. The number of carbonyl (C=O) groups is 1. The topological polar surface area (TPSA) is 26.3 Å². The maximum absolute atomic E-state index is 11.7. The summed E-state index contributed by atoms with van der Waals surface area (Å²) in [6.45, 7) is 10.5. The number of hydrogen-bond acceptors (Lipinski definition) is 2. The van der Waals surface area contributed by atoms with E-state index in [1.165, 1.54) is 5.56 Å². The number of carbonyl (C=O) groups excluding carboxylic acids is 1. The van der Waals surface area contributed by atoms with Crippen LogP contribution in [-0.2, 0) is 9.53 Å². The van der Waals surface area contributed by atoms with Crippen LogP contribution >= 0.6 is 0 Å². The third-order valence-electron chi connectivity index (χ3n) is 3.17. The van der Waals surface area contributed by atoms with E-state index in [9.17, 15) is 4.79 Å². The molecule has 0 spiro atoms. The predicted octanol–water partition coefficient (Wildman–Crippen LogP) is 4.69. The molecule has 1 aromatic carbocycles. The molecule has 0 saturated carbocycles. The van der Waals surface area contributed by atoms with Crippen LogP contribution in [0.25, 0.3) is 5.57 Å². The van der Waals surface area contributed by atoms with E-state index < -0.39 is 0 Å². The minimum Gasteiger partial charge on any atom is -0.463 e. The average molecular weight is 272 g/mol. The van der Waals surface area contributed by atoms with Gasteiger partial charge in [0.1, 0.15) is 0 Å². The molecule has 0 bridgehead atoms. The van der Waals surface area contributed by atoms with Crippen molar-refractivity contribution in [1.82, 2.24) is 0 Å². The molecule has 108 valence electrons. The minimum atomic E-state index is -0.285. The fraction of sp³-hybridized carbons (Fsp3) is 0.389. The Balaban J connectivity index is 2.94. The Labute approximate surface area is 122 Å². The van der Waals surface area contributed by atoms with Gasteiger partial charge in [-0.05, 0) is 43.4 Å². The Hall–Kier alpha value is -1.83. The first kappa shape index (κ1) is 16.2. The van der Waals surface area contributed by atoms with Crippen molar-refractivity contribution in [3.05, 3.63) is 53.6 Å². The van der Waals surface area contributed by atoms with E-state index in [1.807, 2.05) is 19.1 Å². The SMILES string of the molecule is C=C(/C(=C/C(=O)OCC)CCCC)c1ccc(C)cc1. The highest BCUT2D eigenvalue weighted by molar-refractivity contribution is 5.89. The number of benzene rings is 1. The van der Waals surface area contributed by atoms with E-state index >= 15 is 0 Å². The molecule has 20 heavy (non-hydrogen) atoms. The van der Waals surface area contributed by atoms with Crippen LogP contribution in [0.3, 0.4) is 0 Å². The molecule has 0 heterocycles. The average Bonchev–Trinajstić information content (AvgIpc) is 2.44. The van der Waals surface area contributed by atoms with Crippen molar-refractivity contribution < 1.29 is 9.53 Å². The molecule has 0 aliphatic heterocycles. The first-order valence-electron chi connectivity index (χ1n) is 7.22. The van der Waals surface area contributed by atoms with Gasteiger partial charge in [0.15, 0.2) is 0 Å². The second-order valence-electron chi connectivity index (χ2n) is 4.87. The van der Waals surface area contributed by atoms with Crippen LogP contribution in [-0.4, -0.2) is 12.6 Å². The summed E-state index contributed by atoms with van der Waals surface area (Å²) in [6.07, 6.45) is 4.56. The quantitative estimate of drug-likeness (QED) is 0.409. The molecule has 2 heteroatoms. The Bertz CT molecular complexity index is 481. The van der Waals surface area contributed by atoms with Gasteiger partial charge in [0.05, 0.1) is 6.61 Å². The molecule has 0 aliphatic rings. The fourth-order valence-corrected chi connectivity index (χ4v) is 1.94. The van der Waals surface area contributed by atoms with E-state index in [-0.39, 0.29) is 5.97 Å². The number of ether oxygens (including phenoxy) is 1. The summed E-state index contributed by atoms with van der Waals surface area (Å²) in [5, 5.41) is 0. The number of aryl methyl sites for hydroxylation is 1. The highest BCUT2D eigenvalue weighted by Gasteiger charge is 2.08. The van der Waals surface area contributed by atoms with Gasteiger partial charge in [0.25, 0.3) is 0 Å². The van der Waals surface area contributed by atoms with Gasteiger partial charge in [-0.2, -0.15) is 0 Å². The monoisotopic (exact) mass is 272 g/mol. The summed E-state index contributed by atoms with van der Waals surface area (Å²) in [5.74, 6) is -0.285. The lowest BCUT2D eigenvalue weighted by atomic mass is 9.94. The lowest BCUT2D eigenvalue weighted by molar-refractivity contribution is -0.137. The van der Waals surface area contributed by atoms with Crippen LogP contribution in [0, 0.1) is 6.92 Å². The number of unbranched alkanes of at least 4 members (excludes halogenated alkanes) is 1. The molecular weight excluding hydrogens is 248 g/mol. The first-order chi connectivity index (χ1) is 9.58. The number of esters is 1. The van der Waals surface area contributed by atoms with Gasteiger partial charge in [-0.1, -0.05) is 49.8 Å². The van der Waals surface area contributed by atoms with Gasteiger partial charge in [0, 0.05) is 6.08 Å². The van der Waals surface area contributed by atoms with Crippen molar-refractivity contribution in [2.24, 2.45) is 0 Å². The first-order valence-corrected chi connectivity index (χ1v) is 7.22. The second kappa shape index (κ2) is 8.36. The van der Waals surface area contributed by atoms with Gasteiger partial charge in [-0.25, -0.2) is 4.79 Å². The Morgan fingerprint density at radius 3 is 2.45 bits per heavy atom. The Morgan fingerprint density at radius 1 is 1.25 bits per heavy atom. The summed E-state index contributed by atoms with van der Waals surface area (Å²) >= 11 is 0. The van der Waals surface area contributed by atoms with Crippen LogP contribution in [0.2, 0.25) is 0 Å². The molecule has 1 aromatic rings. The number of hydrogen-bond donors (Lipinski definition) is 0. The number of allylic oxidation sites excluding steroid dienone is 2. The lowest BCUT2D eigenvalue weighted by Crippen LogP contribution is -2.02. The molecule has 0 unspecified atom stereocenters. The molecule has 0 saturated heterocycles. The van der Waals surface area contributed by atoms with Gasteiger partial charge < -0.3 is 4.74 Å². The summed E-state index contributed by atoms with van der Waals surface area (Å²) in [5.41, 5.74) is 4.15. The van der Waals surface area contributed by atoms with Crippen molar-refractivity contribution in [2.75, 3.05) is 6.61 Å². The smallest absolute Gasteiger partial charge is 0.331 e. The molecule has 0 atom stereocenters. The van der Waals surface area contributed by atoms with Crippen LogP contribution in [0.4, 0.5) is 0 Å². The molecule has 0 aliphatic carbocycles. The highest BCUT2D eigenvalue weighted by atomic mass is 16.5. The molecule has 0 aromatic heterocycles. The molecule has 0 fully saturated rings. The van der Waals surface area contributed by atoms with Crippen LogP contribution in [0.1, 0.15) is 44.2 Å². The zero-order valence-electron chi connectivity index (χ0n) is 12.7. The predicted molar refractivity (Wildman–Crippen MR) is 84.5 cm³/mol. The van der Waals surface area contributed by atoms with Crippen molar-refractivity contribution in [1.29, 1.82) is 0 Å². The van der Waals surface area contributed by atoms with Crippen LogP contribution < -0.4 is 0 Å². The third-order valence-corrected chi connectivity index (χ3v) is 3.17. The van der Waals surface area contributed by atoms with E-state index in [0.717, 1.165) is 36.0 Å². The van der Waals surface area contributed by atoms with E-state index in [4.69, 9.17) is 4.74 Å². The third kappa shape index (κ3) is 5.04. The molecule has 0 radical (unpaired) electrons. The Morgan fingerprint density at radius 2 is 1.90 bits per heavy atom. The summed E-state index contributed by atoms with van der Waals surface area (Å²) in [6, 6.07) is 8.20. The van der Waals surface area contributed by atoms with Gasteiger partial charge in [0.2, 0.25) is 0 Å². The maximum Gasteiger partial charge on any atom is 0.331 e. The standard InChI is InChI=1S/C18H24O2/c1-5-7-8-17(13-18(19)20-6-2)15(4)16-11-9-14(3)10-12-16/h9-13H,4-8H2,1-3H3/b17-13+. The zero-order valence-corrected chi connectivity index (χ0v) is 12.7. The normalized spacial score (nSPS) is 11.2. The maximum atomic E-state index is 11.7. The summed E-state index contributed by atoms with van der Waals surface area (Å²) in [7, 11) is 0. The summed E-state index contributed by atoms with van der Waals surface area (Å²) < 4.78 is 5.00. The zero-order chi connectivity index (χ0) is 15.0. The molecule has 2 nitrogen and oxygen atoms in total. The summed E-state index contributed by atoms with van der Waals surface area (Å²) in [4.78, 5) is 11.7. The van der Waals surface area contributed by atoms with Crippen molar-refractivity contribution in [2.45, 2.75) is 40.0 Å². The van der Waals surface area contributed by atoms with Crippen molar-refractivity contribution in [3.63, 3.8) is 0 Å². The van der Waals surface area contributed by atoms with E-state index in [0.29, 0.717) is 6.61 Å². The van der Waals surface area contributed by atoms with Gasteiger partial charge in [-0.3, -0.25) is 0 Å².